The monoisotopic (exact) mass is 546 g/mol. The number of aromatic nitrogens is 1. The number of Topliss-reactive ketones (excluding diaryl/α,β-unsaturated/α-hetero) is 1. The van der Waals surface area contributed by atoms with Crippen molar-refractivity contribution in [3.63, 3.8) is 0 Å². The standard InChI is InChI=1S/C34H30N2O5/c1-20-7-10-23(11-8-20)31(37)19-41-34(40)28-18-30(35-29-16-9-21(2)17-27(28)29)22-12-14-24(15-13-22)36-32(38)25-5-3-4-6-26(25)33(36)39/h7-18,25-26H,3-6,19H2,1-2H3/t25-,26-/m0/s1. The number of carbonyl (C=O) groups is 4. The SMILES string of the molecule is Cc1ccc(C(=O)COC(=O)c2cc(-c3ccc(N4C(=O)[C@H]5CCCC[C@@H]5C4=O)cc3)nc3ccc(C)cc23)cc1. The molecule has 0 radical (unpaired) electrons. The third-order valence-corrected chi connectivity index (χ3v) is 8.15. The van der Waals surface area contributed by atoms with Gasteiger partial charge in [-0.3, -0.25) is 19.3 Å². The highest BCUT2D eigenvalue weighted by Crippen LogP contribution is 2.40. The number of esters is 1. The predicted molar refractivity (Wildman–Crippen MR) is 156 cm³/mol. The van der Waals surface area contributed by atoms with Gasteiger partial charge in [0.25, 0.3) is 0 Å². The van der Waals surface area contributed by atoms with Crippen LogP contribution in [0.3, 0.4) is 0 Å². The summed E-state index contributed by atoms with van der Waals surface area (Å²) in [6, 6.07) is 21.5. The Labute approximate surface area is 238 Å². The maximum Gasteiger partial charge on any atom is 0.339 e. The molecule has 1 aliphatic heterocycles. The normalized spacial score (nSPS) is 18.4. The van der Waals surface area contributed by atoms with Gasteiger partial charge in [0.2, 0.25) is 11.8 Å². The summed E-state index contributed by atoms with van der Waals surface area (Å²) in [5.74, 6) is -1.55. The minimum absolute atomic E-state index is 0.114. The van der Waals surface area contributed by atoms with Crippen LogP contribution in [0.2, 0.25) is 0 Å². The average molecular weight is 547 g/mol. The first-order valence-electron chi connectivity index (χ1n) is 14.0. The van der Waals surface area contributed by atoms with Crippen molar-refractivity contribution in [2.75, 3.05) is 11.5 Å². The molecular formula is C34H30N2O5. The third-order valence-electron chi connectivity index (χ3n) is 8.15. The van der Waals surface area contributed by atoms with E-state index in [1.54, 1.807) is 42.5 Å². The molecule has 4 aromatic rings. The first kappa shape index (κ1) is 26.6. The van der Waals surface area contributed by atoms with Gasteiger partial charge in [0.15, 0.2) is 12.4 Å². The maximum absolute atomic E-state index is 13.3. The molecule has 2 aliphatic rings. The van der Waals surface area contributed by atoms with E-state index >= 15 is 0 Å². The molecule has 7 nitrogen and oxygen atoms in total. The van der Waals surface area contributed by atoms with Crippen LogP contribution in [0.4, 0.5) is 5.69 Å². The summed E-state index contributed by atoms with van der Waals surface area (Å²) >= 11 is 0. The van der Waals surface area contributed by atoms with E-state index in [1.165, 1.54) is 4.90 Å². The summed E-state index contributed by atoms with van der Waals surface area (Å²) < 4.78 is 5.47. The summed E-state index contributed by atoms with van der Waals surface area (Å²) in [7, 11) is 0. The van der Waals surface area contributed by atoms with Gasteiger partial charge in [0, 0.05) is 16.5 Å². The number of pyridine rings is 1. The fourth-order valence-corrected chi connectivity index (χ4v) is 5.89. The highest BCUT2D eigenvalue weighted by atomic mass is 16.5. The van der Waals surface area contributed by atoms with Gasteiger partial charge in [-0.15, -0.1) is 0 Å². The number of aryl methyl sites for hydroxylation is 2. The molecule has 41 heavy (non-hydrogen) atoms. The van der Waals surface area contributed by atoms with Gasteiger partial charge in [0.1, 0.15) is 0 Å². The van der Waals surface area contributed by atoms with Gasteiger partial charge in [-0.2, -0.15) is 0 Å². The second-order valence-corrected chi connectivity index (χ2v) is 11.0. The molecule has 2 atom stereocenters. The predicted octanol–water partition coefficient (Wildman–Crippen LogP) is 6.24. The smallest absolute Gasteiger partial charge is 0.339 e. The number of ketones is 1. The Bertz CT molecular complexity index is 1670. The Morgan fingerprint density at radius 1 is 0.829 bits per heavy atom. The first-order chi connectivity index (χ1) is 19.8. The molecule has 0 unspecified atom stereocenters. The molecule has 206 valence electrons. The number of nitrogens with zero attached hydrogens (tertiary/aromatic N) is 2. The lowest BCUT2D eigenvalue weighted by Crippen LogP contribution is -2.30. The molecule has 2 heterocycles. The van der Waals surface area contributed by atoms with Crippen molar-refractivity contribution in [2.45, 2.75) is 39.5 Å². The van der Waals surface area contributed by atoms with Crippen LogP contribution in [0.1, 0.15) is 57.5 Å². The molecule has 1 aromatic heterocycles. The Kier molecular flexibility index (Phi) is 6.95. The van der Waals surface area contributed by atoms with Crippen molar-refractivity contribution in [1.29, 1.82) is 0 Å². The lowest BCUT2D eigenvalue weighted by Gasteiger charge is -2.19. The molecule has 1 aliphatic carbocycles. The van der Waals surface area contributed by atoms with Crippen molar-refractivity contribution in [1.82, 2.24) is 4.98 Å². The quantitative estimate of drug-likeness (QED) is 0.162. The molecule has 2 fully saturated rings. The number of anilines is 1. The van der Waals surface area contributed by atoms with Crippen LogP contribution in [0.5, 0.6) is 0 Å². The number of amides is 2. The second kappa shape index (κ2) is 10.7. The van der Waals surface area contributed by atoms with E-state index in [0.717, 1.165) is 42.4 Å². The largest absolute Gasteiger partial charge is 0.454 e. The zero-order valence-corrected chi connectivity index (χ0v) is 23.1. The first-order valence-corrected chi connectivity index (χ1v) is 14.0. The number of hydrogen-bond acceptors (Lipinski definition) is 6. The molecule has 0 spiro atoms. The van der Waals surface area contributed by atoms with Crippen LogP contribution in [0, 0.1) is 25.7 Å². The molecule has 1 saturated heterocycles. The molecule has 7 heteroatoms. The Balaban J connectivity index is 1.28. The minimum atomic E-state index is -0.614. The summed E-state index contributed by atoms with van der Waals surface area (Å²) in [5, 5.41) is 0.633. The van der Waals surface area contributed by atoms with E-state index in [-0.39, 0.29) is 36.0 Å². The minimum Gasteiger partial charge on any atom is -0.454 e. The number of benzene rings is 3. The number of carbonyl (C=O) groups excluding carboxylic acids is 4. The summed E-state index contributed by atoms with van der Waals surface area (Å²) in [4.78, 5) is 58.1. The lowest BCUT2D eigenvalue weighted by molar-refractivity contribution is -0.122. The summed E-state index contributed by atoms with van der Waals surface area (Å²) in [6.07, 6.45) is 3.48. The Hall–Kier alpha value is -4.65. The van der Waals surface area contributed by atoms with Crippen molar-refractivity contribution in [3.05, 3.63) is 95.1 Å². The number of fused-ring (bicyclic) bond motifs is 2. The topological polar surface area (TPSA) is 93.6 Å². The number of imide groups is 1. The van der Waals surface area contributed by atoms with Gasteiger partial charge in [-0.05, 0) is 57.0 Å². The molecule has 3 aromatic carbocycles. The second-order valence-electron chi connectivity index (χ2n) is 11.0. The number of hydrogen-bond donors (Lipinski definition) is 0. The summed E-state index contributed by atoms with van der Waals surface area (Å²) in [5.41, 5.74) is 5.20. The number of ether oxygens (including phenoxy) is 1. The van der Waals surface area contributed by atoms with Crippen molar-refractivity contribution in [3.8, 4) is 11.3 Å². The van der Waals surface area contributed by atoms with E-state index in [1.807, 2.05) is 44.2 Å². The molecule has 2 amide bonds. The van der Waals surface area contributed by atoms with Crippen LogP contribution in [-0.2, 0) is 14.3 Å². The van der Waals surface area contributed by atoms with E-state index in [4.69, 9.17) is 9.72 Å². The van der Waals surface area contributed by atoms with E-state index in [0.29, 0.717) is 33.4 Å². The lowest BCUT2D eigenvalue weighted by atomic mass is 9.81. The van der Waals surface area contributed by atoms with Gasteiger partial charge in [-0.1, -0.05) is 66.4 Å². The van der Waals surface area contributed by atoms with Crippen LogP contribution < -0.4 is 4.90 Å². The van der Waals surface area contributed by atoms with Crippen LogP contribution in [0.25, 0.3) is 22.2 Å². The van der Waals surface area contributed by atoms with Gasteiger partial charge in [0.05, 0.1) is 34.3 Å². The molecule has 0 N–H and O–H groups in total. The number of rotatable bonds is 6. The highest BCUT2D eigenvalue weighted by molar-refractivity contribution is 6.22. The summed E-state index contributed by atoms with van der Waals surface area (Å²) in [6.45, 7) is 3.49. The van der Waals surface area contributed by atoms with E-state index in [9.17, 15) is 19.2 Å². The van der Waals surface area contributed by atoms with E-state index < -0.39 is 5.97 Å². The van der Waals surface area contributed by atoms with Crippen LogP contribution in [-0.4, -0.2) is 35.2 Å². The molecular weight excluding hydrogens is 516 g/mol. The van der Waals surface area contributed by atoms with Gasteiger partial charge < -0.3 is 4.74 Å². The molecule has 6 rings (SSSR count). The van der Waals surface area contributed by atoms with Crippen molar-refractivity contribution >= 4 is 40.2 Å². The zero-order chi connectivity index (χ0) is 28.7. The third kappa shape index (κ3) is 5.04. The van der Waals surface area contributed by atoms with Gasteiger partial charge in [-0.25, -0.2) is 9.78 Å². The zero-order valence-electron chi connectivity index (χ0n) is 23.1. The highest BCUT2D eigenvalue weighted by Gasteiger charge is 2.48. The fraction of sp³-hybridized carbons (Fsp3) is 0.265. The van der Waals surface area contributed by atoms with E-state index in [2.05, 4.69) is 0 Å². The van der Waals surface area contributed by atoms with Crippen LogP contribution >= 0.6 is 0 Å². The molecule has 0 bridgehead atoms. The Morgan fingerprint density at radius 2 is 1.46 bits per heavy atom. The van der Waals surface area contributed by atoms with Crippen LogP contribution in [0.15, 0.2) is 72.8 Å². The van der Waals surface area contributed by atoms with Crippen molar-refractivity contribution < 1.29 is 23.9 Å². The Morgan fingerprint density at radius 3 is 2.12 bits per heavy atom. The molecule has 1 saturated carbocycles. The average Bonchev–Trinajstić information content (AvgIpc) is 3.25. The van der Waals surface area contributed by atoms with Gasteiger partial charge >= 0.3 is 5.97 Å². The maximum atomic E-state index is 13.3. The van der Waals surface area contributed by atoms with Crippen molar-refractivity contribution in [2.24, 2.45) is 11.8 Å². The fourth-order valence-electron chi connectivity index (χ4n) is 5.89.